The van der Waals surface area contributed by atoms with Crippen molar-refractivity contribution < 1.29 is 4.42 Å². The lowest BCUT2D eigenvalue weighted by molar-refractivity contribution is 0.667. The zero-order chi connectivity index (χ0) is 10.4. The fraction of sp³-hybridized carbons (Fsp3) is 0. The molecule has 0 bridgehead atoms. The lowest BCUT2D eigenvalue weighted by Crippen LogP contribution is -1.70. The molecule has 3 rings (SSSR count). The number of hydrogen-bond acceptors (Lipinski definition) is 1. The van der Waals surface area contributed by atoms with Gasteiger partial charge in [0.25, 0.3) is 0 Å². The summed E-state index contributed by atoms with van der Waals surface area (Å²) in [7, 11) is 0. The van der Waals surface area contributed by atoms with Gasteiger partial charge in [0.15, 0.2) is 5.58 Å². The van der Waals surface area contributed by atoms with Crippen LogP contribution in [0.1, 0.15) is 0 Å². The molecule has 0 saturated heterocycles. The maximum Gasteiger partial charge on any atom is 0.151 e. The van der Waals surface area contributed by atoms with Gasteiger partial charge in [-0.1, -0.05) is 29.8 Å². The molecule has 1 heterocycles. The number of hydrogen-bond donors (Lipinski definition) is 0. The van der Waals surface area contributed by atoms with Gasteiger partial charge < -0.3 is 4.42 Å². The molecule has 0 saturated carbocycles. The van der Waals surface area contributed by atoms with Crippen molar-refractivity contribution in [3.63, 3.8) is 0 Å². The molecule has 3 aromatic rings. The predicted octanol–water partition coefficient (Wildman–Crippen LogP) is 5.00. The fourth-order valence-corrected chi connectivity index (χ4v) is 2.31. The van der Waals surface area contributed by atoms with Crippen molar-refractivity contribution in [3.8, 4) is 0 Å². The number of fused-ring (bicyclic) bond motifs is 3. The van der Waals surface area contributed by atoms with E-state index in [9.17, 15) is 0 Å². The zero-order valence-corrected chi connectivity index (χ0v) is 9.97. The molecule has 0 fully saturated rings. The molecule has 0 spiro atoms. The van der Waals surface area contributed by atoms with Crippen LogP contribution < -0.4 is 0 Å². The third-order valence-electron chi connectivity index (χ3n) is 2.44. The van der Waals surface area contributed by atoms with E-state index in [-0.39, 0.29) is 0 Å². The molecule has 0 aliphatic rings. The van der Waals surface area contributed by atoms with Crippen molar-refractivity contribution in [1.29, 1.82) is 0 Å². The molecule has 74 valence electrons. The Morgan fingerprint density at radius 2 is 1.80 bits per heavy atom. The first-order chi connectivity index (χ1) is 7.27. The summed E-state index contributed by atoms with van der Waals surface area (Å²) >= 11 is 9.44. The van der Waals surface area contributed by atoms with Gasteiger partial charge in [0.1, 0.15) is 5.58 Å². The molecule has 0 N–H and O–H groups in total. The van der Waals surface area contributed by atoms with E-state index in [1.165, 1.54) is 0 Å². The van der Waals surface area contributed by atoms with Gasteiger partial charge >= 0.3 is 0 Å². The molecule has 0 radical (unpaired) electrons. The van der Waals surface area contributed by atoms with Crippen LogP contribution in [0.25, 0.3) is 21.9 Å². The van der Waals surface area contributed by atoms with E-state index in [0.29, 0.717) is 5.02 Å². The standard InChI is InChI=1S/C12H6BrClO/c13-11-9(14)6-5-8-7-3-1-2-4-10(7)15-12(8)11/h1-6H. The second-order valence-corrected chi connectivity index (χ2v) is 4.54. The Labute approximate surface area is 99.8 Å². The minimum atomic E-state index is 0.668. The van der Waals surface area contributed by atoms with E-state index >= 15 is 0 Å². The van der Waals surface area contributed by atoms with Crippen LogP contribution in [-0.2, 0) is 0 Å². The highest BCUT2D eigenvalue weighted by Crippen LogP contribution is 2.36. The Morgan fingerprint density at radius 1 is 1.00 bits per heavy atom. The van der Waals surface area contributed by atoms with Crippen molar-refractivity contribution >= 4 is 49.5 Å². The topological polar surface area (TPSA) is 13.1 Å². The van der Waals surface area contributed by atoms with Gasteiger partial charge in [-0.2, -0.15) is 0 Å². The Kier molecular flexibility index (Phi) is 2.01. The molecular weight excluding hydrogens is 275 g/mol. The summed E-state index contributed by atoms with van der Waals surface area (Å²) in [4.78, 5) is 0. The van der Waals surface area contributed by atoms with E-state index in [1.54, 1.807) is 0 Å². The van der Waals surface area contributed by atoms with Crippen molar-refractivity contribution in [1.82, 2.24) is 0 Å². The second kappa shape index (κ2) is 3.26. The molecule has 0 aliphatic carbocycles. The van der Waals surface area contributed by atoms with Crippen LogP contribution in [0.5, 0.6) is 0 Å². The molecule has 2 aromatic carbocycles. The van der Waals surface area contributed by atoms with Crippen molar-refractivity contribution in [2.45, 2.75) is 0 Å². The SMILES string of the molecule is Clc1ccc2c(oc3ccccc32)c1Br. The molecule has 1 nitrogen and oxygen atoms in total. The van der Waals surface area contributed by atoms with Gasteiger partial charge in [-0.25, -0.2) is 0 Å². The molecular formula is C12H6BrClO. The fourth-order valence-electron chi connectivity index (χ4n) is 1.73. The predicted molar refractivity (Wildman–Crippen MR) is 66.4 cm³/mol. The van der Waals surface area contributed by atoms with Crippen LogP contribution in [0.2, 0.25) is 5.02 Å². The minimum absolute atomic E-state index is 0.668. The maximum absolute atomic E-state index is 6.01. The van der Waals surface area contributed by atoms with Crippen molar-refractivity contribution in [2.75, 3.05) is 0 Å². The third kappa shape index (κ3) is 1.29. The first-order valence-corrected chi connectivity index (χ1v) is 5.70. The first kappa shape index (κ1) is 9.25. The van der Waals surface area contributed by atoms with Crippen LogP contribution in [-0.4, -0.2) is 0 Å². The second-order valence-electron chi connectivity index (χ2n) is 3.34. The molecule has 0 unspecified atom stereocenters. The first-order valence-electron chi connectivity index (χ1n) is 4.52. The molecule has 0 aliphatic heterocycles. The Hall–Kier alpha value is -0.990. The van der Waals surface area contributed by atoms with Crippen LogP contribution in [0, 0.1) is 0 Å². The Morgan fingerprint density at radius 3 is 2.67 bits per heavy atom. The average Bonchev–Trinajstić information content (AvgIpc) is 2.63. The monoisotopic (exact) mass is 280 g/mol. The summed E-state index contributed by atoms with van der Waals surface area (Å²) in [6.07, 6.45) is 0. The zero-order valence-electron chi connectivity index (χ0n) is 7.63. The number of furan rings is 1. The number of halogens is 2. The molecule has 1 aromatic heterocycles. The van der Waals surface area contributed by atoms with Gasteiger partial charge in [-0.3, -0.25) is 0 Å². The maximum atomic E-state index is 6.01. The smallest absolute Gasteiger partial charge is 0.151 e. The van der Waals surface area contributed by atoms with Gasteiger partial charge in [0, 0.05) is 10.8 Å². The molecule has 15 heavy (non-hydrogen) atoms. The van der Waals surface area contributed by atoms with Gasteiger partial charge in [0.05, 0.1) is 9.50 Å². The van der Waals surface area contributed by atoms with E-state index < -0.39 is 0 Å². The Balaban J connectivity index is 2.60. The van der Waals surface area contributed by atoms with Gasteiger partial charge in [-0.15, -0.1) is 0 Å². The molecule has 0 atom stereocenters. The summed E-state index contributed by atoms with van der Waals surface area (Å²) in [6, 6.07) is 11.8. The molecule has 0 amide bonds. The van der Waals surface area contributed by atoms with Crippen molar-refractivity contribution in [3.05, 3.63) is 45.9 Å². The van der Waals surface area contributed by atoms with Crippen LogP contribution in [0.15, 0.2) is 45.3 Å². The lowest BCUT2D eigenvalue weighted by atomic mass is 10.1. The molecule has 3 heteroatoms. The number of para-hydroxylation sites is 1. The number of rotatable bonds is 0. The van der Waals surface area contributed by atoms with E-state index in [1.807, 2.05) is 36.4 Å². The van der Waals surface area contributed by atoms with E-state index in [4.69, 9.17) is 16.0 Å². The third-order valence-corrected chi connectivity index (χ3v) is 3.77. The van der Waals surface area contributed by atoms with Gasteiger partial charge in [0.2, 0.25) is 0 Å². The van der Waals surface area contributed by atoms with E-state index in [0.717, 1.165) is 26.4 Å². The van der Waals surface area contributed by atoms with Crippen molar-refractivity contribution in [2.24, 2.45) is 0 Å². The van der Waals surface area contributed by atoms with E-state index in [2.05, 4.69) is 15.9 Å². The van der Waals surface area contributed by atoms with Crippen LogP contribution in [0.4, 0.5) is 0 Å². The largest absolute Gasteiger partial charge is 0.455 e. The highest BCUT2D eigenvalue weighted by Gasteiger charge is 2.10. The summed E-state index contributed by atoms with van der Waals surface area (Å²) in [5.41, 5.74) is 1.69. The number of benzene rings is 2. The van der Waals surface area contributed by atoms with Crippen LogP contribution in [0.3, 0.4) is 0 Å². The highest BCUT2D eigenvalue weighted by atomic mass is 79.9. The van der Waals surface area contributed by atoms with Crippen LogP contribution >= 0.6 is 27.5 Å². The normalized spacial score (nSPS) is 11.3. The summed E-state index contributed by atoms with van der Waals surface area (Å²) in [6.45, 7) is 0. The quantitative estimate of drug-likeness (QED) is 0.565. The average molecular weight is 282 g/mol. The Bertz CT molecular complexity index is 657. The summed E-state index contributed by atoms with van der Waals surface area (Å²) < 4.78 is 6.55. The lowest BCUT2D eigenvalue weighted by Gasteiger charge is -1.94. The van der Waals surface area contributed by atoms with Gasteiger partial charge in [-0.05, 0) is 34.1 Å². The summed E-state index contributed by atoms with van der Waals surface area (Å²) in [5, 5.41) is 2.87. The summed E-state index contributed by atoms with van der Waals surface area (Å²) in [5.74, 6) is 0. The minimum Gasteiger partial charge on any atom is -0.455 e. The highest BCUT2D eigenvalue weighted by molar-refractivity contribution is 9.10.